The lowest BCUT2D eigenvalue weighted by molar-refractivity contribution is -0.144. The van der Waals surface area contributed by atoms with Gasteiger partial charge in [-0.25, -0.2) is 4.79 Å². The van der Waals surface area contributed by atoms with E-state index in [1.807, 2.05) is 13.8 Å². The fraction of sp³-hybridized carbons (Fsp3) is 0.714. The van der Waals surface area contributed by atoms with Crippen molar-refractivity contribution in [2.75, 3.05) is 12.0 Å². The summed E-state index contributed by atoms with van der Waals surface area (Å²) in [6, 6.07) is -4.89. The smallest absolute Gasteiger partial charge is 0.326 e. The van der Waals surface area contributed by atoms with E-state index in [0.717, 1.165) is 0 Å². The largest absolute Gasteiger partial charge is 0.481 e. The summed E-state index contributed by atoms with van der Waals surface area (Å²) in [5.74, 6) is -5.65. The highest BCUT2D eigenvalue weighted by molar-refractivity contribution is 7.98. The average Bonchev–Trinajstić information content (AvgIpc) is 2.75. The van der Waals surface area contributed by atoms with Gasteiger partial charge in [0.2, 0.25) is 17.7 Å². The highest BCUT2D eigenvalue weighted by atomic mass is 32.2. The third kappa shape index (κ3) is 14.2. The van der Waals surface area contributed by atoms with Gasteiger partial charge in [-0.15, -0.1) is 0 Å². The molecule has 200 valence electrons. The fourth-order valence-electron chi connectivity index (χ4n) is 3.00. The van der Waals surface area contributed by atoms with Crippen molar-refractivity contribution in [2.45, 2.75) is 76.5 Å². The van der Waals surface area contributed by atoms with Crippen LogP contribution in [0.1, 0.15) is 52.4 Å². The van der Waals surface area contributed by atoms with Crippen LogP contribution in [0.25, 0.3) is 0 Å². The second kappa shape index (κ2) is 16.7. The number of rotatable bonds is 18. The van der Waals surface area contributed by atoms with E-state index in [4.69, 9.17) is 15.9 Å². The lowest BCUT2D eigenvalue weighted by Gasteiger charge is -2.25. The van der Waals surface area contributed by atoms with Gasteiger partial charge in [-0.2, -0.15) is 11.8 Å². The first-order chi connectivity index (χ1) is 16.3. The van der Waals surface area contributed by atoms with E-state index >= 15 is 0 Å². The predicted molar refractivity (Wildman–Crippen MR) is 128 cm³/mol. The Hall–Kier alpha value is -2.87. The van der Waals surface area contributed by atoms with Crippen molar-refractivity contribution in [3.05, 3.63) is 0 Å². The molecule has 0 aromatic rings. The number of nitrogens with one attached hydrogen (secondary N) is 3. The molecule has 0 heterocycles. The van der Waals surface area contributed by atoms with Crippen molar-refractivity contribution in [3.8, 4) is 0 Å². The van der Waals surface area contributed by atoms with Gasteiger partial charge in [0.25, 0.3) is 0 Å². The SMILES string of the molecule is CSCCC(NC(=O)C(N)CC(C)C)C(=O)NC(CCC(=O)O)C(=O)NC(CCC(=O)O)C(=O)O. The van der Waals surface area contributed by atoms with Crippen LogP contribution in [0, 0.1) is 5.92 Å². The topological polar surface area (TPSA) is 225 Å². The minimum Gasteiger partial charge on any atom is -0.481 e. The summed E-state index contributed by atoms with van der Waals surface area (Å²) < 4.78 is 0. The Labute approximate surface area is 208 Å². The minimum atomic E-state index is -1.55. The molecule has 0 saturated carbocycles. The molecule has 0 aliphatic carbocycles. The van der Waals surface area contributed by atoms with Gasteiger partial charge in [0.15, 0.2) is 0 Å². The lowest BCUT2D eigenvalue weighted by atomic mass is 10.0. The number of aliphatic carboxylic acids is 3. The standard InChI is InChI=1S/C21H36N4O9S/c1-11(2)10-12(22)18(30)23-14(8-9-35-3)20(32)24-13(4-6-16(26)27)19(31)25-15(21(33)34)5-7-17(28)29/h11-15H,4-10,22H2,1-3H3,(H,23,30)(H,24,32)(H,25,31)(H,26,27)(H,28,29)(H,33,34). The van der Waals surface area contributed by atoms with E-state index in [2.05, 4.69) is 16.0 Å². The molecule has 0 fully saturated rings. The summed E-state index contributed by atoms with van der Waals surface area (Å²) in [6.07, 6.45) is 0.600. The molecule has 13 nitrogen and oxygen atoms in total. The molecule has 4 atom stereocenters. The van der Waals surface area contributed by atoms with E-state index in [1.165, 1.54) is 11.8 Å². The summed E-state index contributed by atoms with van der Waals surface area (Å²) in [7, 11) is 0. The maximum absolute atomic E-state index is 12.9. The van der Waals surface area contributed by atoms with E-state index in [-0.39, 0.29) is 18.8 Å². The number of nitrogens with two attached hydrogens (primary N) is 1. The number of carbonyl (C=O) groups excluding carboxylic acids is 3. The molecule has 0 aliphatic rings. The Bertz CT molecular complexity index is 763. The summed E-state index contributed by atoms with van der Waals surface area (Å²) in [5, 5.41) is 34.1. The molecule has 0 rings (SSSR count). The molecule has 0 aromatic heterocycles. The van der Waals surface area contributed by atoms with E-state index in [0.29, 0.717) is 12.2 Å². The maximum atomic E-state index is 12.9. The number of amides is 3. The second-order valence-electron chi connectivity index (χ2n) is 8.40. The first kappa shape index (κ1) is 32.1. The number of carbonyl (C=O) groups is 6. The highest BCUT2D eigenvalue weighted by Crippen LogP contribution is 2.08. The Balaban J connectivity index is 5.54. The number of carboxylic acid groups (broad SMARTS) is 3. The zero-order valence-electron chi connectivity index (χ0n) is 20.1. The Morgan fingerprint density at radius 1 is 0.743 bits per heavy atom. The van der Waals surface area contributed by atoms with Crippen LogP contribution in [0.3, 0.4) is 0 Å². The van der Waals surface area contributed by atoms with Crippen molar-refractivity contribution in [2.24, 2.45) is 11.7 Å². The molecule has 3 amide bonds. The summed E-state index contributed by atoms with van der Waals surface area (Å²) in [4.78, 5) is 71.2. The Morgan fingerprint density at radius 2 is 1.17 bits per heavy atom. The monoisotopic (exact) mass is 520 g/mol. The third-order valence-corrected chi connectivity index (χ3v) is 5.49. The predicted octanol–water partition coefficient (Wildman–Crippen LogP) is -0.618. The Kier molecular flexibility index (Phi) is 15.3. The number of thioether (sulfide) groups is 1. The van der Waals surface area contributed by atoms with Crippen LogP contribution in [0.2, 0.25) is 0 Å². The lowest BCUT2D eigenvalue weighted by Crippen LogP contribution is -2.57. The molecule has 4 unspecified atom stereocenters. The summed E-state index contributed by atoms with van der Waals surface area (Å²) in [6.45, 7) is 3.77. The van der Waals surface area contributed by atoms with E-state index < -0.39 is 79.1 Å². The van der Waals surface area contributed by atoms with Gasteiger partial charge in [-0.05, 0) is 43.6 Å². The van der Waals surface area contributed by atoms with Crippen LogP contribution in [-0.2, 0) is 28.8 Å². The fourth-order valence-corrected chi connectivity index (χ4v) is 3.48. The zero-order valence-corrected chi connectivity index (χ0v) is 20.9. The first-order valence-electron chi connectivity index (χ1n) is 11.1. The van der Waals surface area contributed by atoms with Gasteiger partial charge >= 0.3 is 17.9 Å². The molecule has 0 radical (unpaired) electrons. The quantitative estimate of drug-likeness (QED) is 0.120. The van der Waals surface area contributed by atoms with Gasteiger partial charge in [0.1, 0.15) is 18.1 Å². The first-order valence-corrected chi connectivity index (χ1v) is 12.5. The van der Waals surface area contributed by atoms with Crippen LogP contribution in [-0.4, -0.2) is 87.1 Å². The Morgan fingerprint density at radius 3 is 1.60 bits per heavy atom. The zero-order chi connectivity index (χ0) is 27.1. The molecule has 14 heteroatoms. The molecule has 0 bridgehead atoms. The van der Waals surface area contributed by atoms with Gasteiger partial charge in [0.05, 0.1) is 6.04 Å². The van der Waals surface area contributed by atoms with Crippen molar-refractivity contribution in [1.29, 1.82) is 0 Å². The maximum Gasteiger partial charge on any atom is 0.326 e. The summed E-state index contributed by atoms with van der Waals surface area (Å²) >= 11 is 1.42. The van der Waals surface area contributed by atoms with E-state index in [1.54, 1.807) is 6.26 Å². The molecule has 0 spiro atoms. The van der Waals surface area contributed by atoms with Crippen LogP contribution in [0.15, 0.2) is 0 Å². The molecule has 0 aromatic carbocycles. The summed E-state index contributed by atoms with van der Waals surface area (Å²) in [5.41, 5.74) is 5.88. The molecule has 8 N–H and O–H groups in total. The molecule has 0 saturated heterocycles. The second-order valence-corrected chi connectivity index (χ2v) is 9.39. The highest BCUT2D eigenvalue weighted by Gasteiger charge is 2.30. The molecular weight excluding hydrogens is 484 g/mol. The van der Waals surface area contributed by atoms with Crippen molar-refractivity contribution in [1.82, 2.24) is 16.0 Å². The normalized spacial score (nSPS) is 14.3. The van der Waals surface area contributed by atoms with Crippen molar-refractivity contribution >= 4 is 47.4 Å². The number of hydrogen-bond donors (Lipinski definition) is 7. The average molecular weight is 521 g/mol. The van der Waals surface area contributed by atoms with Crippen LogP contribution < -0.4 is 21.7 Å². The molecule has 35 heavy (non-hydrogen) atoms. The van der Waals surface area contributed by atoms with Crippen LogP contribution >= 0.6 is 11.8 Å². The molecule has 0 aliphatic heterocycles. The minimum absolute atomic E-state index is 0.140. The van der Waals surface area contributed by atoms with Gasteiger partial charge in [-0.1, -0.05) is 13.8 Å². The number of carboxylic acids is 3. The van der Waals surface area contributed by atoms with Gasteiger partial charge in [-0.3, -0.25) is 24.0 Å². The van der Waals surface area contributed by atoms with Gasteiger partial charge < -0.3 is 37.0 Å². The van der Waals surface area contributed by atoms with Gasteiger partial charge in [0, 0.05) is 12.8 Å². The number of hydrogen-bond acceptors (Lipinski definition) is 8. The third-order valence-electron chi connectivity index (χ3n) is 4.85. The van der Waals surface area contributed by atoms with E-state index in [9.17, 15) is 33.9 Å². The van der Waals surface area contributed by atoms with Crippen molar-refractivity contribution in [3.63, 3.8) is 0 Å². The molecular formula is C21H36N4O9S. The van der Waals surface area contributed by atoms with Crippen LogP contribution in [0.4, 0.5) is 0 Å². The van der Waals surface area contributed by atoms with Crippen LogP contribution in [0.5, 0.6) is 0 Å². The van der Waals surface area contributed by atoms with Crippen molar-refractivity contribution < 1.29 is 44.1 Å².